The van der Waals surface area contributed by atoms with Gasteiger partial charge in [0.1, 0.15) is 17.3 Å². The van der Waals surface area contributed by atoms with Crippen molar-refractivity contribution in [1.29, 1.82) is 0 Å². The number of carbonyl (C=O) groups excluding carboxylic acids is 1. The molecule has 7 heteroatoms. The van der Waals surface area contributed by atoms with Gasteiger partial charge < -0.3 is 9.30 Å². The van der Waals surface area contributed by atoms with Crippen LogP contribution in [-0.2, 0) is 11.8 Å². The van der Waals surface area contributed by atoms with E-state index < -0.39 is 0 Å². The fourth-order valence-electron chi connectivity index (χ4n) is 1.91. The summed E-state index contributed by atoms with van der Waals surface area (Å²) in [5.74, 6) is 0.187. The Labute approximate surface area is 131 Å². The summed E-state index contributed by atoms with van der Waals surface area (Å²) in [5, 5.41) is 10.0. The van der Waals surface area contributed by atoms with Gasteiger partial charge in [0.15, 0.2) is 5.16 Å². The van der Waals surface area contributed by atoms with Crippen molar-refractivity contribution in [2.24, 2.45) is 7.05 Å². The second-order valence-electron chi connectivity index (χ2n) is 4.79. The van der Waals surface area contributed by atoms with Crippen LogP contribution in [0, 0.1) is 0 Å². The maximum absolute atomic E-state index is 12.2. The van der Waals surface area contributed by atoms with Gasteiger partial charge in [-0.15, -0.1) is 10.2 Å². The zero-order chi connectivity index (χ0) is 15.5. The molecule has 0 bridgehead atoms. The Morgan fingerprint density at radius 1 is 1.32 bits per heavy atom. The van der Waals surface area contributed by atoms with Crippen LogP contribution in [0.15, 0.2) is 48.1 Å². The maximum Gasteiger partial charge on any atom is 0.324 e. The van der Waals surface area contributed by atoms with Gasteiger partial charge in [-0.3, -0.25) is 9.78 Å². The Balaban J connectivity index is 1.70. The van der Waals surface area contributed by atoms with Gasteiger partial charge in [-0.05, 0) is 30.5 Å². The van der Waals surface area contributed by atoms with Crippen molar-refractivity contribution in [3.63, 3.8) is 0 Å². The van der Waals surface area contributed by atoms with Gasteiger partial charge in [0.2, 0.25) is 0 Å². The number of hydrogen-bond donors (Lipinski definition) is 0. The van der Waals surface area contributed by atoms with E-state index in [0.717, 1.165) is 10.8 Å². The molecule has 22 heavy (non-hydrogen) atoms. The van der Waals surface area contributed by atoms with E-state index in [2.05, 4.69) is 15.2 Å². The fourth-order valence-corrected chi connectivity index (χ4v) is 2.68. The molecule has 1 unspecified atom stereocenters. The highest BCUT2D eigenvalue weighted by Crippen LogP contribution is 2.24. The highest BCUT2D eigenvalue weighted by molar-refractivity contribution is 8.00. The van der Waals surface area contributed by atoms with Crippen molar-refractivity contribution in [3.8, 4) is 5.75 Å². The largest absolute Gasteiger partial charge is 0.426 e. The summed E-state index contributed by atoms with van der Waals surface area (Å²) >= 11 is 1.31. The van der Waals surface area contributed by atoms with Gasteiger partial charge in [-0.25, -0.2) is 0 Å². The van der Waals surface area contributed by atoms with Crippen molar-refractivity contribution in [2.45, 2.75) is 17.3 Å². The predicted octanol–water partition coefficient (Wildman–Crippen LogP) is 2.45. The molecule has 2 aromatic heterocycles. The Kier molecular flexibility index (Phi) is 4.06. The number of aryl methyl sites for hydroxylation is 1. The number of esters is 1. The third kappa shape index (κ3) is 3.09. The van der Waals surface area contributed by atoms with E-state index in [-0.39, 0.29) is 11.2 Å². The van der Waals surface area contributed by atoms with Crippen LogP contribution in [0.3, 0.4) is 0 Å². The number of carbonyl (C=O) groups is 1. The average molecular weight is 314 g/mol. The minimum absolute atomic E-state index is 0.323. The van der Waals surface area contributed by atoms with Crippen molar-refractivity contribution in [2.75, 3.05) is 0 Å². The quantitative estimate of drug-likeness (QED) is 0.418. The summed E-state index contributed by atoms with van der Waals surface area (Å²) in [6.45, 7) is 1.78. The van der Waals surface area contributed by atoms with Crippen LogP contribution in [0.1, 0.15) is 6.92 Å². The molecule has 0 fully saturated rings. The molecule has 0 N–H and O–H groups in total. The first-order chi connectivity index (χ1) is 10.6. The van der Waals surface area contributed by atoms with Gasteiger partial charge in [0.25, 0.3) is 0 Å². The molecule has 0 amide bonds. The molecule has 112 valence electrons. The Hall–Kier alpha value is -2.41. The first kappa shape index (κ1) is 14.5. The number of benzene rings is 1. The molecule has 3 aromatic rings. The van der Waals surface area contributed by atoms with Gasteiger partial charge in [-0.1, -0.05) is 17.8 Å². The zero-order valence-corrected chi connectivity index (χ0v) is 12.9. The third-order valence-corrected chi connectivity index (χ3v) is 4.24. The van der Waals surface area contributed by atoms with Crippen LogP contribution < -0.4 is 4.74 Å². The second-order valence-corrected chi connectivity index (χ2v) is 6.10. The minimum Gasteiger partial charge on any atom is -0.426 e. The van der Waals surface area contributed by atoms with Gasteiger partial charge in [0, 0.05) is 24.8 Å². The second kappa shape index (κ2) is 6.15. The number of ether oxygens (including phenoxy) is 1. The summed E-state index contributed by atoms with van der Waals surface area (Å²) in [5.41, 5.74) is 0. The minimum atomic E-state index is -0.382. The monoisotopic (exact) mass is 314 g/mol. The smallest absolute Gasteiger partial charge is 0.324 e. The number of nitrogens with zero attached hydrogens (tertiary/aromatic N) is 4. The SMILES string of the molecule is CC(Sc1nncn1C)C(=O)Oc1ccc2ccncc2c1. The topological polar surface area (TPSA) is 69.9 Å². The molecule has 0 radical (unpaired) electrons. The first-order valence-corrected chi connectivity index (χ1v) is 7.57. The molecule has 0 spiro atoms. The van der Waals surface area contributed by atoms with E-state index in [4.69, 9.17) is 4.74 Å². The number of rotatable bonds is 4. The fraction of sp³-hybridized carbons (Fsp3) is 0.200. The normalized spacial score (nSPS) is 12.3. The molecule has 2 heterocycles. The first-order valence-electron chi connectivity index (χ1n) is 6.69. The lowest BCUT2D eigenvalue weighted by Gasteiger charge is -2.10. The number of thioether (sulfide) groups is 1. The van der Waals surface area contributed by atoms with E-state index in [9.17, 15) is 4.79 Å². The molecule has 6 nitrogen and oxygen atoms in total. The maximum atomic E-state index is 12.2. The number of pyridine rings is 1. The van der Waals surface area contributed by atoms with Crippen LogP contribution in [-0.4, -0.2) is 31.0 Å². The third-order valence-electron chi connectivity index (χ3n) is 3.11. The molecule has 0 aliphatic rings. The average Bonchev–Trinajstić information content (AvgIpc) is 2.92. The Bertz CT molecular complexity index is 818. The van der Waals surface area contributed by atoms with Gasteiger partial charge in [-0.2, -0.15) is 0 Å². The van der Waals surface area contributed by atoms with E-state index in [0.29, 0.717) is 10.9 Å². The summed E-state index contributed by atoms with van der Waals surface area (Å²) in [4.78, 5) is 16.2. The predicted molar refractivity (Wildman–Crippen MR) is 83.7 cm³/mol. The molecule has 0 aliphatic carbocycles. The Morgan fingerprint density at radius 3 is 2.95 bits per heavy atom. The standard InChI is InChI=1S/C15H14N4O2S/c1-10(22-15-18-17-9-19(15)2)14(20)21-13-4-3-11-5-6-16-8-12(11)7-13/h3-10H,1-2H3. The lowest BCUT2D eigenvalue weighted by atomic mass is 10.2. The van der Waals surface area contributed by atoms with Crippen molar-refractivity contribution in [1.82, 2.24) is 19.7 Å². The molecule has 1 aromatic carbocycles. The van der Waals surface area contributed by atoms with E-state index in [1.165, 1.54) is 11.8 Å². The number of fused-ring (bicyclic) bond motifs is 1. The summed E-state index contributed by atoms with van der Waals surface area (Å²) in [6, 6.07) is 7.40. The van der Waals surface area contributed by atoms with E-state index >= 15 is 0 Å². The highest BCUT2D eigenvalue weighted by atomic mass is 32.2. The van der Waals surface area contributed by atoms with E-state index in [1.807, 2.05) is 19.2 Å². The summed E-state index contributed by atoms with van der Waals surface area (Å²) < 4.78 is 7.19. The molecular formula is C15H14N4O2S. The van der Waals surface area contributed by atoms with Gasteiger partial charge in [0.05, 0.1) is 0 Å². The lowest BCUT2D eigenvalue weighted by Crippen LogP contribution is -2.20. The number of hydrogen-bond acceptors (Lipinski definition) is 6. The molecule has 0 aliphatic heterocycles. The Morgan fingerprint density at radius 2 is 2.18 bits per heavy atom. The molecule has 3 rings (SSSR count). The van der Waals surface area contributed by atoms with Crippen LogP contribution >= 0.6 is 11.8 Å². The molecule has 0 saturated carbocycles. The van der Waals surface area contributed by atoms with Crippen molar-refractivity contribution in [3.05, 3.63) is 43.0 Å². The van der Waals surface area contributed by atoms with Crippen LogP contribution in [0.4, 0.5) is 0 Å². The zero-order valence-electron chi connectivity index (χ0n) is 12.1. The van der Waals surface area contributed by atoms with E-state index in [1.54, 1.807) is 42.3 Å². The summed E-state index contributed by atoms with van der Waals surface area (Å²) in [7, 11) is 1.83. The van der Waals surface area contributed by atoms with Crippen molar-refractivity contribution < 1.29 is 9.53 Å². The highest BCUT2D eigenvalue weighted by Gasteiger charge is 2.19. The molecule has 0 saturated heterocycles. The van der Waals surface area contributed by atoms with Crippen LogP contribution in [0.5, 0.6) is 5.75 Å². The van der Waals surface area contributed by atoms with Crippen LogP contribution in [0.25, 0.3) is 10.8 Å². The van der Waals surface area contributed by atoms with Crippen molar-refractivity contribution >= 4 is 28.5 Å². The molecule has 1 atom stereocenters. The van der Waals surface area contributed by atoms with Gasteiger partial charge >= 0.3 is 5.97 Å². The van der Waals surface area contributed by atoms with Crippen LogP contribution in [0.2, 0.25) is 0 Å². The lowest BCUT2D eigenvalue weighted by molar-refractivity contribution is -0.133. The molecular weight excluding hydrogens is 300 g/mol. The number of aromatic nitrogens is 4. The summed E-state index contributed by atoms with van der Waals surface area (Å²) in [6.07, 6.45) is 5.06.